The molecule has 1 saturated heterocycles. The molecule has 0 saturated carbocycles. The van der Waals surface area contributed by atoms with Crippen molar-refractivity contribution >= 4 is 6.08 Å². The van der Waals surface area contributed by atoms with Crippen molar-refractivity contribution < 1.29 is 4.79 Å². The summed E-state index contributed by atoms with van der Waals surface area (Å²) in [6.45, 7) is 4.95. The Hall–Kier alpha value is -0.920. The number of aliphatic imine (C=N–C) groups is 1. The predicted octanol–water partition coefficient (Wildman–Crippen LogP) is 1.36. The van der Waals surface area contributed by atoms with Crippen molar-refractivity contribution in [3.63, 3.8) is 0 Å². The van der Waals surface area contributed by atoms with E-state index in [1.54, 1.807) is 0 Å². The summed E-state index contributed by atoms with van der Waals surface area (Å²) in [5.74, 6) is 0. The SMILES string of the molecule is CCN1CCCC1/C=C\CN=C=O. The van der Waals surface area contributed by atoms with E-state index in [9.17, 15) is 4.79 Å². The third-order valence-electron chi connectivity index (χ3n) is 2.44. The molecule has 0 N–H and O–H groups in total. The summed E-state index contributed by atoms with van der Waals surface area (Å²) in [4.78, 5) is 15.7. The largest absolute Gasteiger partial charge is 0.297 e. The summed E-state index contributed by atoms with van der Waals surface area (Å²) in [5.41, 5.74) is 0. The summed E-state index contributed by atoms with van der Waals surface area (Å²) >= 11 is 0. The minimum absolute atomic E-state index is 0.470. The van der Waals surface area contributed by atoms with E-state index < -0.39 is 0 Å². The summed E-state index contributed by atoms with van der Waals surface area (Å²) < 4.78 is 0. The minimum Gasteiger partial charge on any atom is -0.297 e. The van der Waals surface area contributed by atoms with Gasteiger partial charge in [-0.3, -0.25) is 4.90 Å². The van der Waals surface area contributed by atoms with E-state index in [-0.39, 0.29) is 0 Å². The summed E-state index contributed by atoms with van der Waals surface area (Å²) in [7, 11) is 0. The van der Waals surface area contributed by atoms with Gasteiger partial charge in [0.05, 0.1) is 6.54 Å². The zero-order valence-corrected chi connectivity index (χ0v) is 8.07. The standard InChI is InChI=1S/C10H16N2O/c1-2-12-8-4-6-10(12)5-3-7-11-9-13/h3,5,10H,2,4,6-8H2,1H3/b5-3-. The molecule has 1 heterocycles. The number of isocyanates is 1. The average molecular weight is 180 g/mol. The lowest BCUT2D eigenvalue weighted by molar-refractivity contribution is 0.306. The summed E-state index contributed by atoms with van der Waals surface area (Å²) in [5, 5.41) is 0. The number of hydrogen-bond donors (Lipinski definition) is 0. The van der Waals surface area contributed by atoms with Crippen LogP contribution in [0.5, 0.6) is 0 Å². The van der Waals surface area contributed by atoms with E-state index >= 15 is 0 Å². The van der Waals surface area contributed by atoms with Gasteiger partial charge >= 0.3 is 0 Å². The van der Waals surface area contributed by atoms with Gasteiger partial charge in [0.2, 0.25) is 6.08 Å². The highest BCUT2D eigenvalue weighted by Gasteiger charge is 2.19. The third-order valence-corrected chi connectivity index (χ3v) is 2.44. The molecule has 1 unspecified atom stereocenters. The van der Waals surface area contributed by atoms with Gasteiger partial charge in [0.1, 0.15) is 0 Å². The highest BCUT2D eigenvalue weighted by Crippen LogP contribution is 2.17. The molecule has 0 bridgehead atoms. The fourth-order valence-electron chi connectivity index (χ4n) is 1.77. The van der Waals surface area contributed by atoms with Gasteiger partial charge in [0, 0.05) is 6.04 Å². The minimum atomic E-state index is 0.470. The molecule has 1 aliphatic rings. The zero-order valence-electron chi connectivity index (χ0n) is 8.07. The first kappa shape index (κ1) is 10.2. The van der Waals surface area contributed by atoms with Crippen LogP contribution in [-0.2, 0) is 4.79 Å². The molecule has 0 spiro atoms. The number of carbonyl (C=O) groups excluding carboxylic acids is 1. The van der Waals surface area contributed by atoms with Crippen LogP contribution < -0.4 is 0 Å². The van der Waals surface area contributed by atoms with Gasteiger partial charge in [-0.15, -0.1) is 0 Å². The second kappa shape index (κ2) is 5.68. The molecule has 13 heavy (non-hydrogen) atoms. The lowest BCUT2D eigenvalue weighted by Gasteiger charge is -2.18. The maximum Gasteiger partial charge on any atom is 0.235 e. The molecule has 1 atom stereocenters. The molecule has 3 nitrogen and oxygen atoms in total. The molecule has 0 aromatic heterocycles. The highest BCUT2D eigenvalue weighted by atomic mass is 16.1. The van der Waals surface area contributed by atoms with Crippen LogP contribution in [0.4, 0.5) is 0 Å². The molecule has 0 amide bonds. The number of hydrogen-bond acceptors (Lipinski definition) is 3. The lowest BCUT2D eigenvalue weighted by Crippen LogP contribution is -2.27. The molecular weight excluding hydrogens is 164 g/mol. The first-order chi connectivity index (χ1) is 6.38. The first-order valence-electron chi connectivity index (χ1n) is 4.82. The van der Waals surface area contributed by atoms with Gasteiger partial charge in [-0.1, -0.05) is 19.1 Å². The normalized spacial score (nSPS) is 23.6. The maximum absolute atomic E-state index is 9.79. The molecule has 1 fully saturated rings. The van der Waals surface area contributed by atoms with Gasteiger partial charge < -0.3 is 0 Å². The molecule has 0 aromatic rings. The van der Waals surface area contributed by atoms with E-state index in [1.165, 1.54) is 25.5 Å². The fourth-order valence-corrected chi connectivity index (χ4v) is 1.77. The van der Waals surface area contributed by atoms with Crippen molar-refractivity contribution in [1.82, 2.24) is 4.90 Å². The number of rotatable bonds is 4. The van der Waals surface area contributed by atoms with Crippen LogP contribution >= 0.6 is 0 Å². The van der Waals surface area contributed by atoms with Crippen LogP contribution in [0.3, 0.4) is 0 Å². The lowest BCUT2D eigenvalue weighted by atomic mass is 10.2. The Kier molecular flexibility index (Phi) is 4.44. The molecule has 0 aromatic carbocycles. The Bertz CT molecular complexity index is 219. The topological polar surface area (TPSA) is 32.7 Å². The smallest absolute Gasteiger partial charge is 0.235 e. The second-order valence-electron chi connectivity index (χ2n) is 3.20. The number of likely N-dealkylation sites (N-methyl/N-ethyl adjacent to an activating group) is 1. The van der Waals surface area contributed by atoms with Crippen molar-refractivity contribution in [3.05, 3.63) is 12.2 Å². The van der Waals surface area contributed by atoms with Gasteiger partial charge in [-0.2, -0.15) is 0 Å². The van der Waals surface area contributed by atoms with Crippen molar-refractivity contribution in [2.45, 2.75) is 25.8 Å². The predicted molar refractivity (Wildman–Crippen MR) is 52.4 cm³/mol. The Morgan fingerprint density at radius 2 is 2.54 bits per heavy atom. The van der Waals surface area contributed by atoms with Crippen molar-refractivity contribution in [3.8, 4) is 0 Å². The maximum atomic E-state index is 9.79. The summed E-state index contributed by atoms with van der Waals surface area (Å²) in [6, 6.07) is 0.562. The molecule has 0 aliphatic carbocycles. The van der Waals surface area contributed by atoms with Crippen LogP contribution in [0.2, 0.25) is 0 Å². The number of likely N-dealkylation sites (tertiary alicyclic amines) is 1. The molecule has 1 rings (SSSR count). The van der Waals surface area contributed by atoms with E-state index in [1.807, 2.05) is 6.08 Å². The third kappa shape index (κ3) is 3.13. The van der Waals surface area contributed by atoms with Crippen molar-refractivity contribution in [2.75, 3.05) is 19.6 Å². The average Bonchev–Trinajstić information content (AvgIpc) is 2.60. The van der Waals surface area contributed by atoms with Crippen LogP contribution in [0.25, 0.3) is 0 Å². The quantitative estimate of drug-likeness (QED) is 0.372. The molecule has 0 radical (unpaired) electrons. The second-order valence-corrected chi connectivity index (χ2v) is 3.20. The Morgan fingerprint density at radius 3 is 3.23 bits per heavy atom. The monoisotopic (exact) mass is 180 g/mol. The van der Waals surface area contributed by atoms with Crippen LogP contribution in [0, 0.1) is 0 Å². The molecule has 1 aliphatic heterocycles. The van der Waals surface area contributed by atoms with Gasteiger partial charge in [0.25, 0.3) is 0 Å². The van der Waals surface area contributed by atoms with Crippen LogP contribution in [0.15, 0.2) is 17.1 Å². The van der Waals surface area contributed by atoms with E-state index in [2.05, 4.69) is 22.9 Å². The van der Waals surface area contributed by atoms with Crippen LogP contribution in [0.1, 0.15) is 19.8 Å². The Morgan fingerprint density at radius 1 is 1.69 bits per heavy atom. The van der Waals surface area contributed by atoms with Crippen molar-refractivity contribution in [1.29, 1.82) is 0 Å². The first-order valence-corrected chi connectivity index (χ1v) is 4.82. The van der Waals surface area contributed by atoms with Gasteiger partial charge in [0.15, 0.2) is 0 Å². The Labute approximate surface area is 79.1 Å². The molecular formula is C10H16N2O. The van der Waals surface area contributed by atoms with E-state index in [4.69, 9.17) is 0 Å². The zero-order chi connectivity index (χ0) is 9.52. The summed E-state index contributed by atoms with van der Waals surface area (Å²) in [6.07, 6.45) is 8.14. The van der Waals surface area contributed by atoms with Gasteiger partial charge in [-0.25, -0.2) is 9.79 Å². The number of nitrogens with zero attached hydrogens (tertiary/aromatic N) is 2. The van der Waals surface area contributed by atoms with E-state index in [0.717, 1.165) is 6.54 Å². The highest BCUT2D eigenvalue weighted by molar-refractivity contribution is 5.33. The fraction of sp³-hybridized carbons (Fsp3) is 0.700. The van der Waals surface area contributed by atoms with Gasteiger partial charge in [-0.05, 0) is 25.9 Å². The Balaban J connectivity index is 2.34. The van der Waals surface area contributed by atoms with E-state index in [0.29, 0.717) is 12.6 Å². The van der Waals surface area contributed by atoms with Crippen molar-refractivity contribution in [2.24, 2.45) is 4.99 Å². The molecule has 72 valence electrons. The van der Waals surface area contributed by atoms with Crippen LogP contribution in [-0.4, -0.2) is 36.7 Å². The molecule has 3 heteroatoms.